The highest BCUT2D eigenvalue weighted by atomic mass is 16.3. The first-order valence-electron chi connectivity index (χ1n) is 6.32. The first-order valence-corrected chi connectivity index (χ1v) is 6.32. The molecule has 1 atom stereocenters. The first-order chi connectivity index (χ1) is 7.77. The van der Waals surface area contributed by atoms with Gasteiger partial charge in [0.1, 0.15) is 12.2 Å². The Morgan fingerprint density at radius 1 is 1.31 bits per heavy atom. The van der Waals surface area contributed by atoms with E-state index < -0.39 is 0 Å². The molecule has 0 aliphatic rings. The van der Waals surface area contributed by atoms with Crippen LogP contribution in [-0.4, -0.2) is 26.0 Å². The van der Waals surface area contributed by atoms with Crippen LogP contribution >= 0.6 is 0 Å². The molecule has 16 heavy (non-hydrogen) atoms. The van der Waals surface area contributed by atoms with Gasteiger partial charge in [-0.25, -0.2) is 4.98 Å². The van der Waals surface area contributed by atoms with Crippen molar-refractivity contribution in [3.05, 3.63) is 12.2 Å². The molecule has 0 aliphatic carbocycles. The van der Waals surface area contributed by atoms with Gasteiger partial charge in [-0.1, -0.05) is 20.3 Å². The third kappa shape index (κ3) is 4.31. The molecule has 4 heteroatoms. The number of nitrogens with zero attached hydrogens (tertiary/aromatic N) is 3. The van der Waals surface area contributed by atoms with Crippen LogP contribution in [-0.2, 0) is 13.0 Å². The van der Waals surface area contributed by atoms with Crippen LogP contribution in [0.3, 0.4) is 0 Å². The van der Waals surface area contributed by atoms with E-state index in [1.807, 2.05) is 4.68 Å². The number of hydrogen-bond donors (Lipinski definition) is 1. The van der Waals surface area contributed by atoms with E-state index in [2.05, 4.69) is 23.9 Å². The van der Waals surface area contributed by atoms with Crippen molar-refractivity contribution >= 4 is 0 Å². The van der Waals surface area contributed by atoms with Gasteiger partial charge in [-0.3, -0.25) is 4.68 Å². The Bertz CT molecular complexity index is 286. The Balaban J connectivity index is 2.28. The molecule has 0 spiro atoms. The number of aryl methyl sites for hydroxylation is 2. The van der Waals surface area contributed by atoms with E-state index in [9.17, 15) is 5.11 Å². The van der Waals surface area contributed by atoms with Crippen LogP contribution < -0.4 is 0 Å². The third-order valence-corrected chi connectivity index (χ3v) is 2.69. The molecule has 0 bridgehead atoms. The summed E-state index contributed by atoms with van der Waals surface area (Å²) < 4.78 is 1.96. The maximum atomic E-state index is 9.61. The molecule has 0 amide bonds. The quantitative estimate of drug-likeness (QED) is 0.737. The topological polar surface area (TPSA) is 50.9 Å². The van der Waals surface area contributed by atoms with E-state index in [0.29, 0.717) is 0 Å². The van der Waals surface area contributed by atoms with Gasteiger partial charge in [-0.15, -0.1) is 0 Å². The fraction of sp³-hybridized carbons (Fsp3) is 0.833. The van der Waals surface area contributed by atoms with E-state index >= 15 is 0 Å². The van der Waals surface area contributed by atoms with Crippen molar-refractivity contribution in [1.82, 2.24) is 14.8 Å². The predicted molar refractivity (Wildman–Crippen MR) is 64.2 cm³/mol. The SMILES string of the molecule is CCCC(O)CCCc1ncnn1CCC. The van der Waals surface area contributed by atoms with E-state index in [0.717, 1.165) is 50.9 Å². The molecular formula is C12H23N3O. The number of aliphatic hydroxyl groups excluding tert-OH is 1. The summed E-state index contributed by atoms with van der Waals surface area (Å²) in [4.78, 5) is 4.25. The fourth-order valence-electron chi connectivity index (χ4n) is 1.85. The zero-order chi connectivity index (χ0) is 11.8. The number of aromatic nitrogens is 3. The normalized spacial score (nSPS) is 12.9. The summed E-state index contributed by atoms with van der Waals surface area (Å²) in [6.07, 6.45) is 7.28. The van der Waals surface area contributed by atoms with Crippen molar-refractivity contribution < 1.29 is 5.11 Å². The Morgan fingerprint density at radius 3 is 2.81 bits per heavy atom. The minimum Gasteiger partial charge on any atom is -0.393 e. The minimum absolute atomic E-state index is 0.146. The highest BCUT2D eigenvalue weighted by Crippen LogP contribution is 2.08. The number of hydrogen-bond acceptors (Lipinski definition) is 3. The molecule has 1 N–H and O–H groups in total. The molecule has 1 aromatic heterocycles. The van der Waals surface area contributed by atoms with Crippen molar-refractivity contribution in [3.8, 4) is 0 Å². The average molecular weight is 225 g/mol. The molecule has 4 nitrogen and oxygen atoms in total. The molecule has 0 aliphatic heterocycles. The van der Waals surface area contributed by atoms with Crippen LogP contribution in [0.2, 0.25) is 0 Å². The molecule has 0 saturated heterocycles. The summed E-state index contributed by atoms with van der Waals surface area (Å²) in [5.41, 5.74) is 0. The molecule has 0 fully saturated rings. The van der Waals surface area contributed by atoms with Gasteiger partial charge >= 0.3 is 0 Å². The lowest BCUT2D eigenvalue weighted by atomic mass is 10.1. The molecule has 0 aromatic carbocycles. The third-order valence-electron chi connectivity index (χ3n) is 2.69. The van der Waals surface area contributed by atoms with Gasteiger partial charge in [-0.2, -0.15) is 5.10 Å². The van der Waals surface area contributed by atoms with Crippen LogP contribution in [0.1, 0.15) is 51.8 Å². The van der Waals surface area contributed by atoms with Crippen LogP contribution in [0.4, 0.5) is 0 Å². The molecule has 1 aromatic rings. The Morgan fingerprint density at radius 2 is 2.12 bits per heavy atom. The van der Waals surface area contributed by atoms with Crippen LogP contribution in [0.15, 0.2) is 6.33 Å². The minimum atomic E-state index is -0.146. The van der Waals surface area contributed by atoms with Gasteiger partial charge in [0.15, 0.2) is 0 Å². The second-order valence-corrected chi connectivity index (χ2v) is 4.23. The highest BCUT2D eigenvalue weighted by molar-refractivity contribution is 4.84. The van der Waals surface area contributed by atoms with Gasteiger partial charge in [0.05, 0.1) is 6.10 Å². The first kappa shape index (κ1) is 13.2. The standard InChI is InChI=1S/C12H23N3O/c1-3-6-11(16)7-5-8-12-13-10-14-15(12)9-4-2/h10-11,16H,3-9H2,1-2H3. The largest absolute Gasteiger partial charge is 0.393 e. The average Bonchev–Trinajstić information content (AvgIpc) is 2.67. The van der Waals surface area contributed by atoms with Crippen LogP contribution in [0.25, 0.3) is 0 Å². The zero-order valence-electron chi connectivity index (χ0n) is 10.4. The van der Waals surface area contributed by atoms with Gasteiger partial charge < -0.3 is 5.11 Å². The molecule has 92 valence electrons. The van der Waals surface area contributed by atoms with Crippen molar-refractivity contribution in [2.45, 2.75) is 65.0 Å². The van der Waals surface area contributed by atoms with E-state index in [-0.39, 0.29) is 6.10 Å². The summed E-state index contributed by atoms with van der Waals surface area (Å²) in [6.45, 7) is 5.17. The van der Waals surface area contributed by atoms with Crippen molar-refractivity contribution in [1.29, 1.82) is 0 Å². The molecule has 1 heterocycles. The Kier molecular flexibility index (Phi) is 6.08. The summed E-state index contributed by atoms with van der Waals surface area (Å²) in [7, 11) is 0. The van der Waals surface area contributed by atoms with Gasteiger partial charge in [-0.05, 0) is 25.7 Å². The molecule has 0 saturated carbocycles. The van der Waals surface area contributed by atoms with Crippen molar-refractivity contribution in [2.75, 3.05) is 0 Å². The second-order valence-electron chi connectivity index (χ2n) is 4.23. The van der Waals surface area contributed by atoms with Crippen LogP contribution in [0, 0.1) is 0 Å². The highest BCUT2D eigenvalue weighted by Gasteiger charge is 2.06. The van der Waals surface area contributed by atoms with E-state index in [1.165, 1.54) is 0 Å². The van der Waals surface area contributed by atoms with Gasteiger partial charge in [0.25, 0.3) is 0 Å². The van der Waals surface area contributed by atoms with Crippen LogP contribution in [0.5, 0.6) is 0 Å². The molecule has 1 rings (SSSR count). The molecule has 0 radical (unpaired) electrons. The van der Waals surface area contributed by atoms with Crippen molar-refractivity contribution in [3.63, 3.8) is 0 Å². The Labute approximate surface area is 97.7 Å². The molecule has 1 unspecified atom stereocenters. The maximum absolute atomic E-state index is 9.61. The summed E-state index contributed by atoms with van der Waals surface area (Å²) >= 11 is 0. The fourth-order valence-corrected chi connectivity index (χ4v) is 1.85. The lowest BCUT2D eigenvalue weighted by Gasteiger charge is -2.08. The van der Waals surface area contributed by atoms with E-state index in [1.54, 1.807) is 6.33 Å². The summed E-state index contributed by atoms with van der Waals surface area (Å²) in [6, 6.07) is 0. The number of rotatable bonds is 8. The second kappa shape index (κ2) is 7.39. The van der Waals surface area contributed by atoms with Gasteiger partial charge in [0, 0.05) is 13.0 Å². The smallest absolute Gasteiger partial charge is 0.138 e. The molecular weight excluding hydrogens is 202 g/mol. The zero-order valence-corrected chi connectivity index (χ0v) is 10.4. The van der Waals surface area contributed by atoms with Gasteiger partial charge in [0.2, 0.25) is 0 Å². The Hall–Kier alpha value is -0.900. The van der Waals surface area contributed by atoms with E-state index in [4.69, 9.17) is 0 Å². The summed E-state index contributed by atoms with van der Waals surface area (Å²) in [5.74, 6) is 1.05. The number of aliphatic hydroxyl groups is 1. The lowest BCUT2D eigenvalue weighted by Crippen LogP contribution is -2.09. The predicted octanol–water partition coefficient (Wildman–Crippen LogP) is 2.17. The lowest BCUT2D eigenvalue weighted by molar-refractivity contribution is 0.151. The van der Waals surface area contributed by atoms with Crippen molar-refractivity contribution in [2.24, 2.45) is 0 Å². The monoisotopic (exact) mass is 225 g/mol. The maximum Gasteiger partial charge on any atom is 0.138 e. The summed E-state index contributed by atoms with van der Waals surface area (Å²) in [5, 5.41) is 13.8.